The number of hydrogen-bond acceptors (Lipinski definition) is 13. The van der Waals surface area contributed by atoms with E-state index < -0.39 is 86.5 Å². The Bertz CT molecular complexity index is 594. The van der Waals surface area contributed by atoms with Gasteiger partial charge in [0.1, 0.15) is 48.8 Å². The Kier molecular flexibility index (Phi) is 6.64. The molecule has 174 valence electrons. The topological polar surface area (TPSA) is 186 Å². The lowest BCUT2D eigenvalue weighted by Gasteiger charge is -2.47. The van der Waals surface area contributed by atoms with Crippen molar-refractivity contribution in [2.45, 2.75) is 73.3 Å². The second kappa shape index (κ2) is 8.78. The summed E-state index contributed by atoms with van der Waals surface area (Å²) in [6.07, 6.45) is -12.1. The van der Waals surface area contributed by atoms with Gasteiger partial charge in [0.25, 0.3) is 0 Å². The number of aliphatic hydroxyl groups is 6. The molecule has 0 bridgehead atoms. The van der Waals surface area contributed by atoms with Gasteiger partial charge in [0.15, 0.2) is 24.5 Å². The number of ether oxygens (including phenoxy) is 7. The Morgan fingerprint density at radius 3 is 1.93 bits per heavy atom. The monoisotopic (exact) mass is 440 g/mol. The first-order chi connectivity index (χ1) is 14.4. The van der Waals surface area contributed by atoms with Gasteiger partial charge in [-0.3, -0.25) is 0 Å². The van der Waals surface area contributed by atoms with Gasteiger partial charge in [-0.25, -0.2) is 0 Å². The van der Waals surface area contributed by atoms with E-state index in [1.165, 1.54) is 7.11 Å². The first kappa shape index (κ1) is 22.7. The highest BCUT2D eigenvalue weighted by molar-refractivity contribution is 5.11. The summed E-state index contributed by atoms with van der Waals surface area (Å²) in [6, 6.07) is 0. The largest absolute Gasteiger partial charge is 0.394 e. The fraction of sp³-hybridized carbons (Fsp3) is 1.00. The van der Waals surface area contributed by atoms with Gasteiger partial charge in [0.05, 0.1) is 26.4 Å². The minimum absolute atomic E-state index is 0.0496. The molecule has 13 heteroatoms. The van der Waals surface area contributed by atoms with Crippen molar-refractivity contribution in [2.75, 3.05) is 33.5 Å². The van der Waals surface area contributed by atoms with Crippen LogP contribution in [-0.4, -0.2) is 137 Å². The Morgan fingerprint density at radius 2 is 1.43 bits per heavy atom. The van der Waals surface area contributed by atoms with Crippen LogP contribution in [0.1, 0.15) is 0 Å². The molecule has 4 aliphatic rings. The highest BCUT2D eigenvalue weighted by Crippen LogP contribution is 2.46. The van der Waals surface area contributed by atoms with Crippen LogP contribution in [0.2, 0.25) is 0 Å². The van der Waals surface area contributed by atoms with Gasteiger partial charge in [-0.1, -0.05) is 0 Å². The second-order valence-corrected chi connectivity index (χ2v) is 7.78. The van der Waals surface area contributed by atoms with Crippen molar-refractivity contribution in [1.82, 2.24) is 0 Å². The molecule has 12 atom stereocenters. The van der Waals surface area contributed by atoms with Crippen molar-refractivity contribution in [3.63, 3.8) is 0 Å². The highest BCUT2D eigenvalue weighted by Gasteiger charge is 2.67. The Morgan fingerprint density at radius 1 is 0.833 bits per heavy atom. The van der Waals surface area contributed by atoms with E-state index in [1.54, 1.807) is 0 Å². The molecule has 0 radical (unpaired) electrons. The molecule has 4 rings (SSSR count). The molecular weight excluding hydrogens is 412 g/mol. The molecule has 4 fully saturated rings. The number of aliphatic hydroxyl groups excluding tert-OH is 6. The zero-order valence-corrected chi connectivity index (χ0v) is 16.2. The van der Waals surface area contributed by atoms with E-state index >= 15 is 0 Å². The summed E-state index contributed by atoms with van der Waals surface area (Å²) in [5.74, 6) is 0. The van der Waals surface area contributed by atoms with E-state index in [-0.39, 0.29) is 13.2 Å². The van der Waals surface area contributed by atoms with E-state index in [0.717, 1.165) is 0 Å². The van der Waals surface area contributed by atoms with Gasteiger partial charge >= 0.3 is 0 Å². The van der Waals surface area contributed by atoms with Gasteiger partial charge in [0, 0.05) is 7.11 Å². The molecular formula is C17H28O13. The molecule has 0 saturated carbocycles. The molecule has 4 saturated heterocycles. The number of methoxy groups -OCH3 is 1. The molecule has 0 aromatic carbocycles. The van der Waals surface area contributed by atoms with Crippen molar-refractivity contribution in [3.8, 4) is 0 Å². The van der Waals surface area contributed by atoms with Crippen molar-refractivity contribution >= 4 is 0 Å². The van der Waals surface area contributed by atoms with Crippen molar-refractivity contribution in [2.24, 2.45) is 0 Å². The molecule has 0 aromatic heterocycles. The molecule has 0 spiro atoms. The fourth-order valence-electron chi connectivity index (χ4n) is 4.18. The predicted octanol–water partition coefficient (Wildman–Crippen LogP) is -4.59. The predicted molar refractivity (Wildman–Crippen MR) is 90.7 cm³/mol. The van der Waals surface area contributed by atoms with Crippen LogP contribution < -0.4 is 0 Å². The van der Waals surface area contributed by atoms with E-state index in [1.807, 2.05) is 0 Å². The lowest BCUT2D eigenvalue weighted by Crippen LogP contribution is -2.67. The van der Waals surface area contributed by atoms with Crippen LogP contribution in [0.3, 0.4) is 0 Å². The summed E-state index contributed by atoms with van der Waals surface area (Å²) < 4.78 is 38.9. The maximum Gasteiger partial charge on any atom is 0.187 e. The van der Waals surface area contributed by atoms with Crippen LogP contribution in [-0.2, 0) is 33.2 Å². The third kappa shape index (κ3) is 3.57. The smallest absolute Gasteiger partial charge is 0.187 e. The quantitative estimate of drug-likeness (QED) is 0.212. The van der Waals surface area contributed by atoms with Gasteiger partial charge in [-0.05, 0) is 0 Å². The molecule has 0 unspecified atom stereocenters. The van der Waals surface area contributed by atoms with E-state index in [2.05, 4.69) is 0 Å². The van der Waals surface area contributed by atoms with Crippen LogP contribution in [0.5, 0.6) is 0 Å². The summed E-state index contributed by atoms with van der Waals surface area (Å²) in [5.41, 5.74) is -1.16. The first-order valence-corrected chi connectivity index (χ1v) is 9.70. The maximum atomic E-state index is 10.2. The summed E-state index contributed by atoms with van der Waals surface area (Å²) >= 11 is 0. The number of fused-ring (bicyclic) bond motifs is 1. The lowest BCUT2D eigenvalue weighted by atomic mass is 9.88. The summed E-state index contributed by atoms with van der Waals surface area (Å²) in [4.78, 5) is 0. The standard InChI is InChI=1S/C17H28O13/c1-24-16-13-17(5-26-13,30-15-12(23)10(21)7(3-19)28-15)8(29-16)4-25-14-11(22)9(20)6(2-18)27-14/h6-16,18-23H,2-5H2,1H3/t6-,7-,8-,9-,10-,11+,12+,13-,14+,15-,16+,17-/m1/s1. The van der Waals surface area contributed by atoms with Crippen LogP contribution in [0.25, 0.3) is 0 Å². The fourth-order valence-corrected chi connectivity index (χ4v) is 4.18. The third-order valence-electron chi connectivity index (χ3n) is 6.04. The Labute approximate surface area is 171 Å². The first-order valence-electron chi connectivity index (χ1n) is 9.70. The van der Waals surface area contributed by atoms with Crippen molar-refractivity contribution in [3.05, 3.63) is 0 Å². The Balaban J connectivity index is 1.44. The lowest BCUT2D eigenvalue weighted by molar-refractivity contribution is -0.330. The van der Waals surface area contributed by atoms with Crippen molar-refractivity contribution < 1.29 is 63.8 Å². The number of hydrogen-bond donors (Lipinski definition) is 6. The maximum absolute atomic E-state index is 10.2. The third-order valence-corrected chi connectivity index (χ3v) is 6.04. The summed E-state index contributed by atoms with van der Waals surface area (Å²) in [7, 11) is 1.42. The van der Waals surface area contributed by atoms with Gasteiger partial charge in [-0.2, -0.15) is 0 Å². The molecule has 4 aliphatic heterocycles. The molecule has 6 N–H and O–H groups in total. The average Bonchev–Trinajstić information content (AvgIpc) is 3.24. The number of rotatable bonds is 8. The summed E-state index contributed by atoms with van der Waals surface area (Å²) in [6.45, 7) is -1.10. The van der Waals surface area contributed by atoms with Crippen molar-refractivity contribution in [1.29, 1.82) is 0 Å². The molecule has 13 nitrogen and oxygen atoms in total. The zero-order chi connectivity index (χ0) is 21.6. The summed E-state index contributed by atoms with van der Waals surface area (Å²) in [5, 5.41) is 58.5. The van der Waals surface area contributed by atoms with Gasteiger partial charge in [-0.15, -0.1) is 0 Å². The van der Waals surface area contributed by atoms with Crippen LogP contribution in [0.4, 0.5) is 0 Å². The second-order valence-electron chi connectivity index (χ2n) is 7.78. The SMILES string of the molecule is CO[C@H]1O[C@H](CO[C@H]2O[C@H](CO)[C@@H](O)[C@@H]2O)[C@]2(O[C@H]3O[C@H](CO)[C@@H](O)[C@@H]3O)CO[C@H]12. The van der Waals surface area contributed by atoms with Crippen LogP contribution in [0, 0.1) is 0 Å². The van der Waals surface area contributed by atoms with E-state index in [0.29, 0.717) is 0 Å². The van der Waals surface area contributed by atoms with Crippen LogP contribution >= 0.6 is 0 Å². The average molecular weight is 440 g/mol. The Hall–Kier alpha value is -0.520. The zero-order valence-electron chi connectivity index (χ0n) is 16.2. The van der Waals surface area contributed by atoms with Crippen LogP contribution in [0.15, 0.2) is 0 Å². The minimum Gasteiger partial charge on any atom is -0.394 e. The minimum atomic E-state index is -1.40. The van der Waals surface area contributed by atoms with E-state index in [9.17, 15) is 30.6 Å². The van der Waals surface area contributed by atoms with E-state index in [4.69, 9.17) is 33.2 Å². The van der Waals surface area contributed by atoms with Gasteiger partial charge in [0.2, 0.25) is 0 Å². The molecule has 0 aromatic rings. The molecule has 0 amide bonds. The molecule has 30 heavy (non-hydrogen) atoms. The normalized spacial score (nSPS) is 53.1. The highest BCUT2D eigenvalue weighted by atomic mass is 16.8. The molecule has 0 aliphatic carbocycles. The van der Waals surface area contributed by atoms with Gasteiger partial charge < -0.3 is 63.8 Å². The molecule has 4 heterocycles.